The highest BCUT2D eigenvalue weighted by molar-refractivity contribution is 5.10. The third-order valence-corrected chi connectivity index (χ3v) is 4.61. The van der Waals surface area contributed by atoms with E-state index < -0.39 is 0 Å². The van der Waals surface area contributed by atoms with Crippen molar-refractivity contribution in [2.45, 2.75) is 33.1 Å². The molecule has 2 bridgehead atoms. The minimum atomic E-state index is 0.0630. The first-order valence-corrected chi connectivity index (χ1v) is 6.67. The summed E-state index contributed by atoms with van der Waals surface area (Å²) in [4.78, 5) is 0. The van der Waals surface area contributed by atoms with Crippen molar-refractivity contribution in [3.8, 4) is 0 Å². The summed E-state index contributed by atoms with van der Waals surface area (Å²) < 4.78 is 0. The third kappa shape index (κ3) is 2.49. The molecule has 2 heteroatoms. The van der Waals surface area contributed by atoms with E-state index in [0.717, 1.165) is 37.3 Å². The Labute approximate surface area is 99.1 Å². The third-order valence-electron chi connectivity index (χ3n) is 4.61. The van der Waals surface area contributed by atoms with Gasteiger partial charge in [0.05, 0.1) is 0 Å². The Hall–Kier alpha value is -0.340. The van der Waals surface area contributed by atoms with E-state index in [2.05, 4.69) is 31.3 Å². The summed E-state index contributed by atoms with van der Waals surface area (Å²) in [6, 6.07) is 0. The van der Waals surface area contributed by atoms with Crippen LogP contribution >= 0.6 is 0 Å². The van der Waals surface area contributed by atoms with Crippen molar-refractivity contribution in [3.63, 3.8) is 0 Å². The zero-order chi connectivity index (χ0) is 11.6. The standard InChI is InChI=1S/C14H25NO/c1-3-14(2,10-16)9-15-8-13-7-11-4-5-12(13)6-11/h4-5,11-13,15-16H,3,6-10H2,1-2H3. The zero-order valence-corrected chi connectivity index (χ0v) is 10.6. The fraction of sp³-hybridized carbons (Fsp3) is 0.857. The Balaban J connectivity index is 1.71. The molecule has 1 fully saturated rings. The lowest BCUT2D eigenvalue weighted by Gasteiger charge is -2.27. The number of aliphatic hydroxyl groups excluding tert-OH is 1. The van der Waals surface area contributed by atoms with Crippen molar-refractivity contribution in [1.82, 2.24) is 5.32 Å². The van der Waals surface area contributed by atoms with Crippen LogP contribution in [-0.4, -0.2) is 24.8 Å². The Morgan fingerprint density at radius 2 is 2.19 bits per heavy atom. The summed E-state index contributed by atoms with van der Waals surface area (Å²) >= 11 is 0. The van der Waals surface area contributed by atoms with Crippen molar-refractivity contribution >= 4 is 0 Å². The van der Waals surface area contributed by atoms with Gasteiger partial charge in [-0.3, -0.25) is 0 Å². The van der Waals surface area contributed by atoms with Crippen LogP contribution in [0, 0.1) is 23.2 Å². The predicted molar refractivity (Wildman–Crippen MR) is 67.2 cm³/mol. The molecule has 0 radical (unpaired) electrons. The molecule has 0 amide bonds. The molecule has 0 aromatic carbocycles. The second-order valence-electron chi connectivity index (χ2n) is 5.99. The Morgan fingerprint density at radius 3 is 2.69 bits per heavy atom. The fourth-order valence-corrected chi connectivity index (χ4v) is 2.98. The van der Waals surface area contributed by atoms with Gasteiger partial charge in [-0.1, -0.05) is 26.0 Å². The van der Waals surface area contributed by atoms with Crippen molar-refractivity contribution in [1.29, 1.82) is 0 Å². The van der Waals surface area contributed by atoms with Crippen molar-refractivity contribution < 1.29 is 5.11 Å². The molecule has 0 aromatic heterocycles. The maximum absolute atomic E-state index is 9.33. The van der Waals surface area contributed by atoms with Gasteiger partial charge in [0.15, 0.2) is 0 Å². The van der Waals surface area contributed by atoms with Crippen molar-refractivity contribution in [2.75, 3.05) is 19.7 Å². The van der Waals surface area contributed by atoms with E-state index in [1.54, 1.807) is 0 Å². The highest BCUT2D eigenvalue weighted by Gasteiger charge is 2.35. The largest absolute Gasteiger partial charge is 0.396 e. The molecule has 2 N–H and O–H groups in total. The molecule has 2 aliphatic rings. The number of aliphatic hydroxyl groups is 1. The van der Waals surface area contributed by atoms with Gasteiger partial charge in [-0.05, 0) is 43.6 Å². The lowest BCUT2D eigenvalue weighted by atomic mass is 9.88. The first-order chi connectivity index (χ1) is 7.67. The fourth-order valence-electron chi connectivity index (χ4n) is 2.98. The highest BCUT2D eigenvalue weighted by atomic mass is 16.3. The van der Waals surface area contributed by atoms with Gasteiger partial charge in [-0.2, -0.15) is 0 Å². The lowest BCUT2D eigenvalue weighted by molar-refractivity contribution is 0.133. The Kier molecular flexibility index (Phi) is 3.70. The smallest absolute Gasteiger partial charge is 0.0496 e. The van der Waals surface area contributed by atoms with E-state index in [9.17, 15) is 5.11 Å². The molecule has 2 aliphatic carbocycles. The molecule has 0 aromatic rings. The Bertz CT molecular complexity index is 257. The van der Waals surface area contributed by atoms with Gasteiger partial charge in [0.25, 0.3) is 0 Å². The maximum Gasteiger partial charge on any atom is 0.0496 e. The second-order valence-corrected chi connectivity index (χ2v) is 5.99. The average molecular weight is 223 g/mol. The molecule has 92 valence electrons. The van der Waals surface area contributed by atoms with Gasteiger partial charge >= 0.3 is 0 Å². The number of allylic oxidation sites excluding steroid dienone is 2. The lowest BCUT2D eigenvalue weighted by Crippen LogP contribution is -2.37. The summed E-state index contributed by atoms with van der Waals surface area (Å²) in [7, 11) is 0. The van der Waals surface area contributed by atoms with Crippen molar-refractivity contribution in [3.05, 3.63) is 12.2 Å². The molecule has 0 aliphatic heterocycles. The monoisotopic (exact) mass is 223 g/mol. The van der Waals surface area contributed by atoms with E-state index >= 15 is 0 Å². The van der Waals surface area contributed by atoms with Crippen LogP contribution in [0.1, 0.15) is 33.1 Å². The number of fused-ring (bicyclic) bond motifs is 2. The highest BCUT2D eigenvalue weighted by Crippen LogP contribution is 2.42. The summed E-state index contributed by atoms with van der Waals surface area (Å²) in [5.41, 5.74) is 0.0630. The van der Waals surface area contributed by atoms with Gasteiger partial charge in [0.1, 0.15) is 0 Å². The number of rotatable bonds is 6. The molecule has 2 nitrogen and oxygen atoms in total. The quantitative estimate of drug-likeness (QED) is 0.677. The molecule has 0 saturated heterocycles. The van der Waals surface area contributed by atoms with E-state index in [1.165, 1.54) is 12.8 Å². The average Bonchev–Trinajstić information content (AvgIpc) is 2.91. The summed E-state index contributed by atoms with van der Waals surface area (Å²) in [6.45, 7) is 6.66. The molecular formula is C14H25NO. The number of nitrogens with one attached hydrogen (secondary N) is 1. The summed E-state index contributed by atoms with van der Waals surface area (Å²) in [5.74, 6) is 2.54. The van der Waals surface area contributed by atoms with Gasteiger partial charge in [-0.25, -0.2) is 0 Å². The molecule has 0 heterocycles. The molecule has 4 atom stereocenters. The van der Waals surface area contributed by atoms with E-state index in [-0.39, 0.29) is 12.0 Å². The van der Waals surface area contributed by atoms with Crippen LogP contribution in [0.5, 0.6) is 0 Å². The first kappa shape index (κ1) is 12.1. The second kappa shape index (κ2) is 4.89. The van der Waals surface area contributed by atoms with Gasteiger partial charge < -0.3 is 10.4 Å². The minimum Gasteiger partial charge on any atom is -0.396 e. The van der Waals surface area contributed by atoms with Crippen LogP contribution in [0.3, 0.4) is 0 Å². The molecule has 0 spiro atoms. The Morgan fingerprint density at radius 1 is 1.38 bits per heavy atom. The predicted octanol–water partition coefficient (Wildman–Crippen LogP) is 2.20. The molecule has 1 saturated carbocycles. The van der Waals surface area contributed by atoms with Crippen LogP contribution < -0.4 is 5.32 Å². The molecular weight excluding hydrogens is 198 g/mol. The van der Waals surface area contributed by atoms with Gasteiger partial charge in [0.2, 0.25) is 0 Å². The molecule has 4 unspecified atom stereocenters. The number of hydrogen-bond acceptors (Lipinski definition) is 2. The summed E-state index contributed by atoms with van der Waals surface area (Å²) in [5, 5.41) is 12.9. The summed E-state index contributed by atoms with van der Waals surface area (Å²) in [6.07, 6.45) is 8.59. The van der Waals surface area contributed by atoms with Crippen LogP contribution in [0.4, 0.5) is 0 Å². The van der Waals surface area contributed by atoms with E-state index in [4.69, 9.17) is 0 Å². The topological polar surface area (TPSA) is 32.3 Å². The number of hydrogen-bond donors (Lipinski definition) is 2. The molecule has 16 heavy (non-hydrogen) atoms. The first-order valence-electron chi connectivity index (χ1n) is 6.67. The molecule has 2 rings (SSSR count). The normalized spacial score (nSPS) is 35.6. The van der Waals surface area contributed by atoms with Crippen LogP contribution in [0.25, 0.3) is 0 Å². The van der Waals surface area contributed by atoms with E-state index in [1.807, 2.05) is 0 Å². The van der Waals surface area contributed by atoms with Crippen LogP contribution in [0.2, 0.25) is 0 Å². The van der Waals surface area contributed by atoms with Crippen LogP contribution in [0.15, 0.2) is 12.2 Å². The zero-order valence-electron chi connectivity index (χ0n) is 10.6. The van der Waals surface area contributed by atoms with Gasteiger partial charge in [0, 0.05) is 18.6 Å². The van der Waals surface area contributed by atoms with Gasteiger partial charge in [-0.15, -0.1) is 0 Å². The minimum absolute atomic E-state index is 0.0630. The SMILES string of the molecule is CCC(C)(CO)CNCC1CC2C=CC1C2. The maximum atomic E-state index is 9.33. The van der Waals surface area contributed by atoms with Crippen molar-refractivity contribution in [2.24, 2.45) is 23.2 Å². The van der Waals surface area contributed by atoms with Crippen LogP contribution in [-0.2, 0) is 0 Å². The van der Waals surface area contributed by atoms with E-state index in [0.29, 0.717) is 0 Å².